The third kappa shape index (κ3) is 4.08. The number of hydrogen-bond donors (Lipinski definition) is 0. The van der Waals surface area contributed by atoms with E-state index in [1.54, 1.807) is 25.2 Å². The summed E-state index contributed by atoms with van der Waals surface area (Å²) in [6, 6.07) is 15.8. The van der Waals surface area contributed by atoms with Crippen LogP contribution in [0.4, 0.5) is 0 Å². The summed E-state index contributed by atoms with van der Waals surface area (Å²) < 4.78 is 6.63. The first-order valence-electron chi connectivity index (χ1n) is 9.71. The number of Topliss-reactive ketones (excluding diaryl/α,β-unsaturated/α-hetero) is 1. The molecule has 28 heavy (non-hydrogen) atoms. The summed E-state index contributed by atoms with van der Waals surface area (Å²) in [6.45, 7) is 5.73. The zero-order valence-corrected chi connectivity index (χ0v) is 16.1. The lowest BCUT2D eigenvalue weighted by molar-refractivity contribution is 0.0922. The van der Waals surface area contributed by atoms with E-state index in [1.165, 1.54) is 10.1 Å². The molecular weight excluding hydrogens is 354 g/mol. The number of benzene rings is 2. The lowest BCUT2D eigenvalue weighted by Gasteiger charge is -2.34. The molecule has 0 atom stereocenters. The van der Waals surface area contributed by atoms with E-state index in [9.17, 15) is 9.59 Å². The zero-order valence-electron chi connectivity index (χ0n) is 16.1. The molecule has 2 heterocycles. The van der Waals surface area contributed by atoms with Gasteiger partial charge in [0.05, 0.1) is 5.52 Å². The summed E-state index contributed by atoms with van der Waals surface area (Å²) in [5.41, 5.74) is 3.11. The van der Waals surface area contributed by atoms with Gasteiger partial charge in [0.2, 0.25) is 0 Å². The number of hydrogen-bond acceptors (Lipinski definition) is 5. The van der Waals surface area contributed by atoms with Gasteiger partial charge in [-0.1, -0.05) is 30.3 Å². The Hall–Kier alpha value is -2.70. The van der Waals surface area contributed by atoms with E-state index in [0.29, 0.717) is 23.1 Å². The monoisotopic (exact) mass is 379 g/mol. The van der Waals surface area contributed by atoms with Crippen molar-refractivity contribution >= 4 is 16.9 Å². The maximum Gasteiger partial charge on any atom is 0.419 e. The number of aromatic nitrogens is 1. The van der Waals surface area contributed by atoms with Gasteiger partial charge in [-0.25, -0.2) is 4.79 Å². The standard InChI is InChI=1S/C22H25N3O3/c1-23-19-8-7-18(15-21(19)28-22(23)27)20(26)9-10-24-11-13-25(14-12-24)16-17-5-3-2-4-6-17/h2-8,15H,9-14,16H2,1H3. The Labute approximate surface area is 164 Å². The highest BCUT2D eigenvalue weighted by Gasteiger charge is 2.18. The second kappa shape index (κ2) is 8.12. The SMILES string of the molecule is Cn1c(=O)oc2cc(C(=O)CCN3CCN(Cc4ccccc4)CC3)ccc21. The quantitative estimate of drug-likeness (QED) is 0.616. The number of nitrogens with zero attached hydrogens (tertiary/aromatic N) is 3. The predicted molar refractivity (Wildman–Crippen MR) is 109 cm³/mol. The second-order valence-corrected chi connectivity index (χ2v) is 7.39. The number of piperazine rings is 1. The summed E-state index contributed by atoms with van der Waals surface area (Å²) in [7, 11) is 1.66. The van der Waals surface area contributed by atoms with Gasteiger partial charge in [0.1, 0.15) is 0 Å². The molecule has 1 aliphatic rings. The minimum absolute atomic E-state index is 0.0834. The Bertz CT molecular complexity index is 1010. The molecule has 2 aromatic carbocycles. The smallest absolute Gasteiger partial charge is 0.408 e. The van der Waals surface area contributed by atoms with Crippen molar-refractivity contribution in [3.63, 3.8) is 0 Å². The van der Waals surface area contributed by atoms with Gasteiger partial charge in [0.15, 0.2) is 11.4 Å². The lowest BCUT2D eigenvalue weighted by atomic mass is 10.1. The Morgan fingerprint density at radius 2 is 1.71 bits per heavy atom. The van der Waals surface area contributed by atoms with Crippen molar-refractivity contribution in [2.24, 2.45) is 7.05 Å². The molecule has 1 aromatic heterocycles. The Kier molecular flexibility index (Phi) is 5.41. The summed E-state index contributed by atoms with van der Waals surface area (Å²) >= 11 is 0. The molecule has 146 valence electrons. The fourth-order valence-corrected chi connectivity index (χ4v) is 3.72. The maximum atomic E-state index is 12.6. The fourth-order valence-electron chi connectivity index (χ4n) is 3.72. The third-order valence-electron chi connectivity index (χ3n) is 5.48. The topological polar surface area (TPSA) is 58.7 Å². The minimum atomic E-state index is -0.409. The molecule has 6 nitrogen and oxygen atoms in total. The highest BCUT2D eigenvalue weighted by molar-refractivity contribution is 5.98. The van der Waals surface area contributed by atoms with Gasteiger partial charge in [-0.15, -0.1) is 0 Å². The summed E-state index contributed by atoms with van der Waals surface area (Å²) in [5, 5.41) is 0. The molecule has 6 heteroatoms. The predicted octanol–water partition coefficient (Wildman–Crippen LogP) is 2.52. The number of carbonyl (C=O) groups is 1. The van der Waals surface area contributed by atoms with Crippen LogP contribution in [-0.2, 0) is 13.6 Å². The van der Waals surface area contributed by atoms with Crippen LogP contribution in [0, 0.1) is 0 Å². The van der Waals surface area contributed by atoms with Crippen molar-refractivity contribution in [3.05, 3.63) is 70.2 Å². The number of rotatable bonds is 6. The van der Waals surface area contributed by atoms with Crippen molar-refractivity contribution in [1.82, 2.24) is 14.4 Å². The summed E-state index contributed by atoms with van der Waals surface area (Å²) in [5.74, 6) is -0.326. The molecule has 1 aliphatic heterocycles. The molecule has 4 rings (SSSR count). The molecular formula is C22H25N3O3. The zero-order chi connectivity index (χ0) is 19.5. The lowest BCUT2D eigenvalue weighted by Crippen LogP contribution is -2.46. The molecule has 1 saturated heterocycles. The van der Waals surface area contributed by atoms with Gasteiger partial charge in [-0.2, -0.15) is 0 Å². The van der Waals surface area contributed by atoms with E-state index >= 15 is 0 Å². The molecule has 0 saturated carbocycles. The van der Waals surface area contributed by atoms with E-state index < -0.39 is 5.76 Å². The molecule has 0 unspecified atom stereocenters. The highest BCUT2D eigenvalue weighted by Crippen LogP contribution is 2.16. The molecule has 0 amide bonds. The number of ketones is 1. The number of fused-ring (bicyclic) bond motifs is 1. The Morgan fingerprint density at radius 1 is 1.00 bits per heavy atom. The van der Waals surface area contributed by atoms with Crippen molar-refractivity contribution in [2.75, 3.05) is 32.7 Å². The van der Waals surface area contributed by atoms with Crippen molar-refractivity contribution in [3.8, 4) is 0 Å². The van der Waals surface area contributed by atoms with E-state index in [-0.39, 0.29) is 5.78 Å². The third-order valence-corrected chi connectivity index (χ3v) is 5.48. The summed E-state index contributed by atoms with van der Waals surface area (Å²) in [6.07, 6.45) is 0.473. The van der Waals surface area contributed by atoms with Crippen LogP contribution in [0.25, 0.3) is 11.1 Å². The van der Waals surface area contributed by atoms with E-state index in [0.717, 1.165) is 39.3 Å². The molecule has 0 spiro atoms. The molecule has 0 radical (unpaired) electrons. The molecule has 1 fully saturated rings. The number of carbonyl (C=O) groups excluding carboxylic acids is 1. The van der Waals surface area contributed by atoms with Crippen LogP contribution in [0.1, 0.15) is 22.3 Å². The van der Waals surface area contributed by atoms with Crippen LogP contribution in [0.3, 0.4) is 0 Å². The molecule has 0 aliphatic carbocycles. The van der Waals surface area contributed by atoms with E-state index in [2.05, 4.69) is 34.1 Å². The molecule has 3 aromatic rings. The average Bonchev–Trinajstić information content (AvgIpc) is 3.01. The Balaban J connectivity index is 1.28. The van der Waals surface area contributed by atoms with E-state index in [1.807, 2.05) is 6.07 Å². The van der Waals surface area contributed by atoms with Crippen molar-refractivity contribution in [2.45, 2.75) is 13.0 Å². The van der Waals surface area contributed by atoms with Crippen LogP contribution in [-0.4, -0.2) is 52.9 Å². The molecule has 0 N–H and O–H groups in total. The van der Waals surface area contributed by atoms with Crippen molar-refractivity contribution < 1.29 is 9.21 Å². The first kappa shape index (κ1) is 18.7. The first-order valence-corrected chi connectivity index (χ1v) is 9.71. The highest BCUT2D eigenvalue weighted by atomic mass is 16.4. The van der Waals surface area contributed by atoms with Gasteiger partial charge in [-0.3, -0.25) is 14.3 Å². The minimum Gasteiger partial charge on any atom is -0.408 e. The largest absolute Gasteiger partial charge is 0.419 e. The van der Waals surface area contributed by atoms with E-state index in [4.69, 9.17) is 4.42 Å². The van der Waals surface area contributed by atoms with Gasteiger partial charge in [-0.05, 0) is 23.8 Å². The van der Waals surface area contributed by atoms with Crippen LogP contribution in [0.2, 0.25) is 0 Å². The number of aryl methyl sites for hydroxylation is 1. The van der Waals surface area contributed by atoms with Gasteiger partial charge < -0.3 is 9.32 Å². The van der Waals surface area contributed by atoms with Gasteiger partial charge >= 0.3 is 5.76 Å². The normalized spacial score (nSPS) is 15.9. The van der Waals surface area contributed by atoms with Crippen LogP contribution in [0.5, 0.6) is 0 Å². The number of oxazole rings is 1. The Morgan fingerprint density at radius 3 is 2.46 bits per heavy atom. The van der Waals surface area contributed by atoms with Crippen molar-refractivity contribution in [1.29, 1.82) is 0 Å². The second-order valence-electron chi connectivity index (χ2n) is 7.39. The maximum absolute atomic E-state index is 12.6. The van der Waals surface area contributed by atoms with Crippen LogP contribution in [0.15, 0.2) is 57.7 Å². The van der Waals surface area contributed by atoms with Gasteiger partial charge in [0.25, 0.3) is 0 Å². The van der Waals surface area contributed by atoms with Gasteiger partial charge in [0, 0.05) is 58.3 Å². The molecule has 0 bridgehead atoms. The van der Waals surface area contributed by atoms with Crippen LogP contribution >= 0.6 is 0 Å². The first-order chi connectivity index (χ1) is 13.6. The van der Waals surface area contributed by atoms with Crippen LogP contribution < -0.4 is 5.76 Å². The summed E-state index contributed by atoms with van der Waals surface area (Å²) in [4.78, 5) is 29.0. The average molecular weight is 379 g/mol. The fraction of sp³-hybridized carbons (Fsp3) is 0.364.